The lowest BCUT2D eigenvalue weighted by molar-refractivity contribution is -0.133. The van der Waals surface area contributed by atoms with Crippen LogP contribution in [0.1, 0.15) is 5.56 Å². The molecule has 0 aliphatic heterocycles. The molecule has 2 aromatic rings. The van der Waals surface area contributed by atoms with Gasteiger partial charge in [-0.15, -0.1) is 10.2 Å². The Morgan fingerprint density at radius 3 is 2.79 bits per heavy atom. The van der Waals surface area contributed by atoms with Gasteiger partial charge in [0.25, 0.3) is 0 Å². The molecule has 0 fully saturated rings. The number of hydrogen-bond donors (Lipinski definition) is 1. The van der Waals surface area contributed by atoms with Crippen molar-refractivity contribution >= 4 is 34.2 Å². The van der Waals surface area contributed by atoms with Crippen molar-refractivity contribution in [1.82, 2.24) is 10.2 Å². The predicted molar refractivity (Wildman–Crippen MR) is 76.8 cm³/mol. The van der Waals surface area contributed by atoms with Crippen molar-refractivity contribution in [3.8, 4) is 0 Å². The zero-order valence-corrected chi connectivity index (χ0v) is 11.9. The molecule has 0 saturated carbocycles. The molecule has 0 bridgehead atoms. The molecule has 5 nitrogen and oxygen atoms in total. The summed E-state index contributed by atoms with van der Waals surface area (Å²) in [6.07, 6.45) is 0. The molecular weight excluding hydrogens is 282 g/mol. The fourth-order valence-corrected chi connectivity index (χ4v) is 2.98. The van der Waals surface area contributed by atoms with E-state index in [1.807, 2.05) is 30.1 Å². The highest BCUT2D eigenvalue weighted by atomic mass is 32.2. The summed E-state index contributed by atoms with van der Waals surface area (Å²) >= 11 is 2.60. The summed E-state index contributed by atoms with van der Waals surface area (Å²) in [6.45, 7) is 0.749. The molecule has 0 saturated heterocycles. The fraction of sp³-hybridized carbons (Fsp3) is 0.250. The van der Waals surface area contributed by atoms with Gasteiger partial charge in [-0.1, -0.05) is 53.4 Å². The summed E-state index contributed by atoms with van der Waals surface area (Å²) in [6, 6.07) is 10.1. The van der Waals surface area contributed by atoms with Crippen LogP contribution in [0, 0.1) is 0 Å². The molecule has 1 N–H and O–H groups in total. The maximum absolute atomic E-state index is 10.5. The Morgan fingerprint density at radius 1 is 1.37 bits per heavy atom. The number of carboxylic acids is 1. The van der Waals surface area contributed by atoms with Gasteiger partial charge in [-0.3, -0.25) is 4.79 Å². The highest BCUT2D eigenvalue weighted by Crippen LogP contribution is 2.27. The normalized spacial score (nSPS) is 10.4. The molecule has 0 radical (unpaired) electrons. The van der Waals surface area contributed by atoms with E-state index in [1.165, 1.54) is 28.7 Å². The van der Waals surface area contributed by atoms with Gasteiger partial charge in [-0.05, 0) is 5.56 Å². The second kappa shape index (κ2) is 6.53. The Balaban J connectivity index is 1.96. The first-order chi connectivity index (χ1) is 9.15. The quantitative estimate of drug-likeness (QED) is 0.825. The van der Waals surface area contributed by atoms with Crippen molar-refractivity contribution in [3.63, 3.8) is 0 Å². The third kappa shape index (κ3) is 4.22. The van der Waals surface area contributed by atoms with Crippen molar-refractivity contribution in [1.29, 1.82) is 0 Å². The van der Waals surface area contributed by atoms with E-state index in [4.69, 9.17) is 5.11 Å². The number of aliphatic carboxylic acids is 1. The van der Waals surface area contributed by atoms with Gasteiger partial charge in [0.1, 0.15) is 0 Å². The minimum Gasteiger partial charge on any atom is -0.481 e. The summed E-state index contributed by atoms with van der Waals surface area (Å²) in [5.74, 6) is -0.837. The molecular formula is C12H13N3O2S2. The number of anilines is 1. The highest BCUT2D eigenvalue weighted by Gasteiger charge is 2.10. The van der Waals surface area contributed by atoms with Crippen LogP contribution in [0.25, 0.3) is 0 Å². The molecule has 7 heteroatoms. The van der Waals surface area contributed by atoms with E-state index < -0.39 is 5.97 Å². The average molecular weight is 295 g/mol. The largest absolute Gasteiger partial charge is 0.481 e. The number of aromatic nitrogens is 2. The van der Waals surface area contributed by atoms with Crippen LogP contribution >= 0.6 is 23.1 Å². The van der Waals surface area contributed by atoms with Gasteiger partial charge in [0, 0.05) is 13.6 Å². The molecule has 0 amide bonds. The van der Waals surface area contributed by atoms with E-state index >= 15 is 0 Å². The van der Waals surface area contributed by atoms with E-state index in [0.29, 0.717) is 4.34 Å². The molecule has 0 aliphatic rings. The van der Waals surface area contributed by atoms with Crippen LogP contribution < -0.4 is 4.90 Å². The molecule has 1 aromatic carbocycles. The van der Waals surface area contributed by atoms with Crippen molar-refractivity contribution in [2.24, 2.45) is 0 Å². The summed E-state index contributed by atoms with van der Waals surface area (Å²) in [7, 11) is 1.94. The first-order valence-corrected chi connectivity index (χ1v) is 7.38. The average Bonchev–Trinajstić information content (AvgIpc) is 2.86. The smallest absolute Gasteiger partial charge is 0.313 e. The monoisotopic (exact) mass is 295 g/mol. The third-order valence-electron chi connectivity index (χ3n) is 2.30. The van der Waals surface area contributed by atoms with Crippen LogP contribution in [0.5, 0.6) is 0 Å². The van der Waals surface area contributed by atoms with Gasteiger partial charge in [0.15, 0.2) is 4.34 Å². The van der Waals surface area contributed by atoms with Crippen LogP contribution in [-0.2, 0) is 11.3 Å². The molecule has 0 aliphatic carbocycles. The van der Waals surface area contributed by atoms with E-state index in [2.05, 4.69) is 22.3 Å². The molecule has 0 spiro atoms. The molecule has 19 heavy (non-hydrogen) atoms. The van der Waals surface area contributed by atoms with E-state index in [1.54, 1.807) is 0 Å². The van der Waals surface area contributed by atoms with Gasteiger partial charge < -0.3 is 10.0 Å². The predicted octanol–water partition coefficient (Wildman–Crippen LogP) is 2.35. The summed E-state index contributed by atoms with van der Waals surface area (Å²) < 4.78 is 0.678. The maximum atomic E-state index is 10.5. The first kappa shape index (κ1) is 13.8. The lowest BCUT2D eigenvalue weighted by atomic mass is 10.2. The number of rotatable bonds is 6. The van der Waals surface area contributed by atoms with Crippen LogP contribution in [0.4, 0.5) is 5.13 Å². The Morgan fingerprint density at radius 2 is 2.11 bits per heavy atom. The maximum Gasteiger partial charge on any atom is 0.313 e. The number of carbonyl (C=O) groups is 1. The Hall–Kier alpha value is -1.60. The minimum atomic E-state index is -0.848. The zero-order valence-electron chi connectivity index (χ0n) is 10.3. The highest BCUT2D eigenvalue weighted by molar-refractivity contribution is 8.01. The van der Waals surface area contributed by atoms with Gasteiger partial charge in [-0.25, -0.2) is 0 Å². The van der Waals surface area contributed by atoms with E-state index in [-0.39, 0.29) is 5.75 Å². The molecule has 0 atom stereocenters. The number of benzene rings is 1. The Labute approximate surface area is 119 Å². The van der Waals surface area contributed by atoms with Crippen LogP contribution in [0.2, 0.25) is 0 Å². The third-order valence-corrected chi connectivity index (χ3v) is 4.46. The Bertz CT molecular complexity index is 545. The van der Waals surface area contributed by atoms with E-state index in [9.17, 15) is 4.79 Å². The van der Waals surface area contributed by atoms with Crippen molar-refractivity contribution in [3.05, 3.63) is 35.9 Å². The SMILES string of the molecule is CN(Cc1ccccc1)c1nnc(SCC(=O)O)s1. The Kier molecular flexibility index (Phi) is 4.75. The number of nitrogens with zero attached hydrogens (tertiary/aromatic N) is 3. The van der Waals surface area contributed by atoms with Crippen LogP contribution in [-0.4, -0.2) is 34.1 Å². The molecule has 100 valence electrons. The molecule has 1 heterocycles. The standard InChI is InChI=1S/C12H13N3O2S2/c1-15(7-9-5-3-2-4-6-9)11-13-14-12(19-11)18-8-10(16)17/h2-6H,7-8H2,1H3,(H,16,17). The minimum absolute atomic E-state index is 0.0109. The lowest BCUT2D eigenvalue weighted by Crippen LogP contribution is -2.15. The fourth-order valence-electron chi connectivity index (χ4n) is 1.46. The number of carboxylic acid groups (broad SMARTS) is 1. The summed E-state index contributed by atoms with van der Waals surface area (Å²) in [4.78, 5) is 12.5. The van der Waals surface area contributed by atoms with Crippen molar-refractivity contribution < 1.29 is 9.90 Å². The summed E-state index contributed by atoms with van der Waals surface area (Å²) in [5.41, 5.74) is 1.19. The second-order valence-electron chi connectivity index (χ2n) is 3.87. The van der Waals surface area contributed by atoms with Gasteiger partial charge >= 0.3 is 5.97 Å². The number of hydrogen-bond acceptors (Lipinski definition) is 6. The second-order valence-corrected chi connectivity index (χ2v) is 6.05. The zero-order chi connectivity index (χ0) is 13.7. The molecule has 0 unspecified atom stereocenters. The van der Waals surface area contributed by atoms with Gasteiger partial charge in [0.2, 0.25) is 5.13 Å². The van der Waals surface area contributed by atoms with Crippen LogP contribution in [0.15, 0.2) is 34.7 Å². The van der Waals surface area contributed by atoms with Crippen molar-refractivity contribution in [2.75, 3.05) is 17.7 Å². The van der Waals surface area contributed by atoms with Crippen molar-refractivity contribution in [2.45, 2.75) is 10.9 Å². The summed E-state index contributed by atoms with van der Waals surface area (Å²) in [5, 5.41) is 17.4. The van der Waals surface area contributed by atoms with E-state index in [0.717, 1.165) is 11.7 Å². The van der Waals surface area contributed by atoms with Gasteiger partial charge in [-0.2, -0.15) is 0 Å². The number of thioether (sulfide) groups is 1. The topological polar surface area (TPSA) is 66.3 Å². The first-order valence-electron chi connectivity index (χ1n) is 5.58. The van der Waals surface area contributed by atoms with Crippen LogP contribution in [0.3, 0.4) is 0 Å². The molecule has 1 aromatic heterocycles. The molecule has 2 rings (SSSR count). The lowest BCUT2D eigenvalue weighted by Gasteiger charge is -2.14. The van der Waals surface area contributed by atoms with Gasteiger partial charge in [0.05, 0.1) is 5.75 Å².